The van der Waals surface area contributed by atoms with Gasteiger partial charge in [0.2, 0.25) is 5.88 Å². The number of benzene rings is 1. The van der Waals surface area contributed by atoms with Crippen LogP contribution in [0.15, 0.2) is 48.8 Å². The summed E-state index contributed by atoms with van der Waals surface area (Å²) in [6.07, 6.45) is 3.44. The Hall–Kier alpha value is -2.46. The Kier molecular flexibility index (Phi) is 3.31. The molecule has 0 spiro atoms. The van der Waals surface area contributed by atoms with Crippen LogP contribution in [0.4, 0.5) is 0 Å². The minimum atomic E-state index is 0.478. The van der Waals surface area contributed by atoms with Gasteiger partial charge in [0.1, 0.15) is 5.75 Å². The third-order valence-corrected chi connectivity index (χ3v) is 3.10. The van der Waals surface area contributed by atoms with Crippen LogP contribution in [-0.2, 0) is 6.54 Å². The molecule has 20 heavy (non-hydrogen) atoms. The minimum Gasteiger partial charge on any atom is -0.437 e. The number of aryl methyl sites for hydroxylation is 1. The van der Waals surface area contributed by atoms with Gasteiger partial charge in [-0.2, -0.15) is 0 Å². The van der Waals surface area contributed by atoms with E-state index in [1.54, 1.807) is 12.4 Å². The highest BCUT2D eigenvalue weighted by Crippen LogP contribution is 2.25. The Balaban J connectivity index is 1.92. The average Bonchev–Trinajstić information content (AvgIpc) is 2.49. The van der Waals surface area contributed by atoms with Crippen molar-refractivity contribution in [2.45, 2.75) is 13.5 Å². The van der Waals surface area contributed by atoms with Gasteiger partial charge in [-0.05, 0) is 30.7 Å². The molecule has 0 atom stereocenters. The van der Waals surface area contributed by atoms with Crippen molar-refractivity contribution in [2.24, 2.45) is 5.73 Å². The summed E-state index contributed by atoms with van der Waals surface area (Å²) in [4.78, 5) is 8.66. The number of nitrogens with zero attached hydrogens (tertiary/aromatic N) is 2. The average molecular weight is 265 g/mol. The maximum Gasteiger partial charge on any atom is 0.222 e. The first kappa shape index (κ1) is 12.6. The lowest BCUT2D eigenvalue weighted by molar-refractivity contribution is 0.457. The molecule has 3 aromatic rings. The van der Waals surface area contributed by atoms with Gasteiger partial charge < -0.3 is 10.5 Å². The van der Waals surface area contributed by atoms with Crippen LogP contribution >= 0.6 is 0 Å². The van der Waals surface area contributed by atoms with Gasteiger partial charge in [-0.25, -0.2) is 4.98 Å². The van der Waals surface area contributed by atoms with Crippen molar-refractivity contribution in [1.29, 1.82) is 0 Å². The smallest absolute Gasteiger partial charge is 0.222 e. The highest BCUT2D eigenvalue weighted by molar-refractivity contribution is 5.79. The second kappa shape index (κ2) is 5.27. The van der Waals surface area contributed by atoms with Crippen molar-refractivity contribution in [3.05, 3.63) is 59.9 Å². The van der Waals surface area contributed by atoms with Gasteiger partial charge >= 0.3 is 0 Å². The molecule has 0 bridgehead atoms. The second-order valence-electron chi connectivity index (χ2n) is 4.64. The molecular formula is C16H15N3O. The molecule has 0 saturated heterocycles. The Morgan fingerprint density at radius 2 is 1.95 bits per heavy atom. The van der Waals surface area contributed by atoms with Crippen molar-refractivity contribution < 1.29 is 4.74 Å². The second-order valence-corrected chi connectivity index (χ2v) is 4.64. The summed E-state index contributed by atoms with van der Waals surface area (Å²) in [5.41, 5.74) is 8.49. The lowest BCUT2D eigenvalue weighted by Crippen LogP contribution is -1.99. The van der Waals surface area contributed by atoms with Gasteiger partial charge in [-0.1, -0.05) is 18.2 Å². The maximum absolute atomic E-state index is 5.80. The van der Waals surface area contributed by atoms with Crippen LogP contribution in [-0.4, -0.2) is 9.97 Å². The Bertz CT molecular complexity index is 756. The highest BCUT2D eigenvalue weighted by atomic mass is 16.5. The molecule has 0 aliphatic carbocycles. The molecule has 4 heteroatoms. The predicted octanol–water partition coefficient (Wildman–Crippen LogP) is 3.19. The Morgan fingerprint density at radius 1 is 1.10 bits per heavy atom. The number of aromatic nitrogens is 2. The van der Waals surface area contributed by atoms with Gasteiger partial charge in [0.15, 0.2) is 0 Å². The van der Waals surface area contributed by atoms with Crippen molar-refractivity contribution in [3.63, 3.8) is 0 Å². The summed E-state index contributed by atoms with van der Waals surface area (Å²) in [6, 6.07) is 11.9. The molecular weight excluding hydrogens is 250 g/mol. The number of hydrogen-bond acceptors (Lipinski definition) is 4. The van der Waals surface area contributed by atoms with Crippen LogP contribution in [0.2, 0.25) is 0 Å². The van der Waals surface area contributed by atoms with E-state index < -0.39 is 0 Å². The molecule has 2 aromatic heterocycles. The number of fused-ring (bicyclic) bond motifs is 1. The van der Waals surface area contributed by atoms with Crippen molar-refractivity contribution in [1.82, 2.24) is 9.97 Å². The van der Waals surface area contributed by atoms with Gasteiger partial charge in [0, 0.05) is 23.7 Å². The number of para-hydroxylation sites is 1. The van der Waals surface area contributed by atoms with E-state index in [9.17, 15) is 0 Å². The number of rotatable bonds is 3. The standard InChI is InChI=1S/C16H15N3O/c1-11-6-12(8-17)9-19-16(11)20-14-7-13-4-2-3-5-15(13)18-10-14/h2-7,9-10H,8,17H2,1H3. The van der Waals surface area contributed by atoms with E-state index in [0.29, 0.717) is 18.2 Å². The maximum atomic E-state index is 5.80. The molecule has 0 aliphatic heterocycles. The molecule has 3 rings (SSSR count). The predicted molar refractivity (Wildman–Crippen MR) is 78.7 cm³/mol. The van der Waals surface area contributed by atoms with Crippen LogP contribution in [0.25, 0.3) is 10.9 Å². The summed E-state index contributed by atoms with van der Waals surface area (Å²) < 4.78 is 5.80. The Labute approximate surface area is 117 Å². The highest BCUT2D eigenvalue weighted by Gasteiger charge is 2.05. The van der Waals surface area contributed by atoms with Crippen molar-refractivity contribution in [2.75, 3.05) is 0 Å². The Morgan fingerprint density at radius 3 is 2.75 bits per heavy atom. The first-order chi connectivity index (χ1) is 9.76. The van der Waals surface area contributed by atoms with Crippen LogP contribution in [0.5, 0.6) is 11.6 Å². The third kappa shape index (κ3) is 2.46. The molecule has 4 nitrogen and oxygen atoms in total. The molecule has 2 heterocycles. The third-order valence-electron chi connectivity index (χ3n) is 3.10. The van der Waals surface area contributed by atoms with Gasteiger partial charge in [0.25, 0.3) is 0 Å². The summed E-state index contributed by atoms with van der Waals surface area (Å²) in [5, 5.41) is 1.04. The molecule has 0 saturated carbocycles. The first-order valence-electron chi connectivity index (χ1n) is 6.44. The van der Waals surface area contributed by atoms with Gasteiger partial charge in [-0.3, -0.25) is 4.98 Å². The summed E-state index contributed by atoms with van der Waals surface area (Å²) >= 11 is 0. The van der Waals surface area contributed by atoms with Crippen molar-refractivity contribution >= 4 is 10.9 Å². The van der Waals surface area contributed by atoms with E-state index >= 15 is 0 Å². The lowest BCUT2D eigenvalue weighted by Gasteiger charge is -2.09. The van der Waals surface area contributed by atoms with E-state index in [1.807, 2.05) is 43.3 Å². The first-order valence-corrected chi connectivity index (χ1v) is 6.44. The number of pyridine rings is 2. The molecule has 0 fully saturated rings. The van der Waals surface area contributed by atoms with Crippen LogP contribution in [0, 0.1) is 6.92 Å². The van der Waals surface area contributed by atoms with Crippen LogP contribution in [0.3, 0.4) is 0 Å². The fraction of sp³-hybridized carbons (Fsp3) is 0.125. The molecule has 2 N–H and O–H groups in total. The molecule has 0 unspecified atom stereocenters. The number of hydrogen-bond donors (Lipinski definition) is 1. The van der Waals surface area contributed by atoms with E-state index in [4.69, 9.17) is 10.5 Å². The zero-order chi connectivity index (χ0) is 13.9. The van der Waals surface area contributed by atoms with Gasteiger partial charge in [0.05, 0.1) is 11.7 Å². The number of nitrogens with two attached hydrogens (primary N) is 1. The fourth-order valence-corrected chi connectivity index (χ4v) is 2.06. The SMILES string of the molecule is Cc1cc(CN)cnc1Oc1cnc2ccccc2c1. The summed E-state index contributed by atoms with van der Waals surface area (Å²) in [6.45, 7) is 2.43. The van der Waals surface area contributed by atoms with E-state index in [2.05, 4.69) is 9.97 Å². The topological polar surface area (TPSA) is 61.0 Å². The molecule has 1 aromatic carbocycles. The van der Waals surface area contributed by atoms with Crippen LogP contribution < -0.4 is 10.5 Å². The quantitative estimate of drug-likeness (QED) is 0.790. The molecule has 0 radical (unpaired) electrons. The van der Waals surface area contributed by atoms with Crippen molar-refractivity contribution in [3.8, 4) is 11.6 Å². The monoisotopic (exact) mass is 265 g/mol. The van der Waals surface area contributed by atoms with E-state index in [1.165, 1.54) is 0 Å². The summed E-state index contributed by atoms with van der Waals surface area (Å²) in [5.74, 6) is 1.26. The molecule has 0 amide bonds. The zero-order valence-electron chi connectivity index (χ0n) is 11.2. The minimum absolute atomic E-state index is 0.478. The number of ether oxygens (including phenoxy) is 1. The van der Waals surface area contributed by atoms with Gasteiger partial charge in [-0.15, -0.1) is 0 Å². The largest absolute Gasteiger partial charge is 0.437 e. The van der Waals surface area contributed by atoms with E-state index in [-0.39, 0.29) is 0 Å². The molecule has 0 aliphatic rings. The zero-order valence-corrected chi connectivity index (χ0v) is 11.2. The molecule has 100 valence electrons. The normalized spacial score (nSPS) is 10.7. The summed E-state index contributed by atoms with van der Waals surface area (Å²) in [7, 11) is 0. The lowest BCUT2D eigenvalue weighted by atomic mass is 10.2. The van der Waals surface area contributed by atoms with E-state index in [0.717, 1.165) is 22.0 Å². The fourth-order valence-electron chi connectivity index (χ4n) is 2.06. The van der Waals surface area contributed by atoms with Crippen LogP contribution in [0.1, 0.15) is 11.1 Å².